The third-order valence-corrected chi connectivity index (χ3v) is 3.28. The molecule has 1 amide bonds. The Morgan fingerprint density at radius 1 is 1.38 bits per heavy atom. The fourth-order valence-corrected chi connectivity index (χ4v) is 1.79. The van der Waals surface area contributed by atoms with E-state index >= 15 is 0 Å². The van der Waals surface area contributed by atoms with E-state index in [1.807, 2.05) is 13.8 Å². The van der Waals surface area contributed by atoms with Gasteiger partial charge in [-0.25, -0.2) is 0 Å². The summed E-state index contributed by atoms with van der Waals surface area (Å²) in [5.74, 6) is 0.384. The smallest absolute Gasteiger partial charge is 0.237 e. The van der Waals surface area contributed by atoms with Crippen LogP contribution in [0.1, 0.15) is 40.0 Å². The van der Waals surface area contributed by atoms with Crippen molar-refractivity contribution in [3.63, 3.8) is 0 Å². The highest BCUT2D eigenvalue weighted by molar-refractivity contribution is 5.83. The third kappa shape index (κ3) is 3.59. The van der Waals surface area contributed by atoms with Crippen molar-refractivity contribution >= 4 is 11.7 Å². The molecule has 4 nitrogen and oxygen atoms in total. The van der Waals surface area contributed by atoms with Gasteiger partial charge in [-0.15, -0.1) is 0 Å². The zero-order valence-electron chi connectivity index (χ0n) is 10.5. The monoisotopic (exact) mass is 226 g/mol. The Kier molecular flexibility index (Phi) is 4.93. The zero-order chi connectivity index (χ0) is 12.1. The van der Waals surface area contributed by atoms with Gasteiger partial charge in [-0.2, -0.15) is 0 Å². The average Bonchev–Trinajstić information content (AvgIpc) is 2.28. The molecule has 1 saturated heterocycles. The number of nitrogens with one attached hydrogen (secondary N) is 1. The lowest BCUT2D eigenvalue weighted by atomic mass is 10.1. The highest BCUT2D eigenvalue weighted by Gasteiger charge is 2.25. The predicted molar refractivity (Wildman–Crippen MR) is 63.2 cm³/mol. The summed E-state index contributed by atoms with van der Waals surface area (Å²) in [6.07, 6.45) is 2.11. The minimum Gasteiger partial charge on any atom is -0.352 e. The van der Waals surface area contributed by atoms with Crippen molar-refractivity contribution in [3.05, 3.63) is 0 Å². The van der Waals surface area contributed by atoms with Crippen LogP contribution in [0.25, 0.3) is 0 Å². The number of carbonyl (C=O) groups excluding carboxylic acids is 2. The number of piperidine rings is 1. The normalized spacial score (nSPS) is 21.6. The van der Waals surface area contributed by atoms with Gasteiger partial charge in [0.05, 0.1) is 6.04 Å². The van der Waals surface area contributed by atoms with Crippen LogP contribution in [0, 0.1) is 0 Å². The molecule has 2 unspecified atom stereocenters. The quantitative estimate of drug-likeness (QED) is 0.776. The van der Waals surface area contributed by atoms with Gasteiger partial charge in [-0.3, -0.25) is 14.5 Å². The molecule has 0 bridgehead atoms. The molecule has 4 heteroatoms. The fraction of sp³-hybridized carbons (Fsp3) is 0.833. The molecule has 1 N–H and O–H groups in total. The van der Waals surface area contributed by atoms with Crippen LogP contribution in [-0.2, 0) is 9.59 Å². The van der Waals surface area contributed by atoms with Gasteiger partial charge in [0, 0.05) is 32.0 Å². The first-order valence-electron chi connectivity index (χ1n) is 6.10. The van der Waals surface area contributed by atoms with E-state index in [0.717, 1.165) is 6.42 Å². The van der Waals surface area contributed by atoms with Gasteiger partial charge >= 0.3 is 0 Å². The van der Waals surface area contributed by atoms with E-state index in [2.05, 4.69) is 17.1 Å². The second kappa shape index (κ2) is 5.99. The Morgan fingerprint density at radius 2 is 1.94 bits per heavy atom. The number of amides is 1. The van der Waals surface area contributed by atoms with Crippen molar-refractivity contribution in [2.24, 2.45) is 0 Å². The predicted octanol–water partition coefficient (Wildman–Crippen LogP) is 0.954. The van der Waals surface area contributed by atoms with E-state index in [1.165, 1.54) is 0 Å². The van der Waals surface area contributed by atoms with Crippen molar-refractivity contribution in [2.45, 2.75) is 52.1 Å². The molecule has 0 aromatic heterocycles. The summed E-state index contributed by atoms with van der Waals surface area (Å²) in [4.78, 5) is 25.0. The van der Waals surface area contributed by atoms with Gasteiger partial charge in [0.15, 0.2) is 0 Å². The molecule has 0 aliphatic carbocycles. The van der Waals surface area contributed by atoms with E-state index < -0.39 is 0 Å². The van der Waals surface area contributed by atoms with Crippen LogP contribution in [0.2, 0.25) is 0 Å². The number of carbonyl (C=O) groups is 2. The number of likely N-dealkylation sites (tertiary alicyclic amines) is 1. The molecule has 0 spiro atoms. The van der Waals surface area contributed by atoms with E-state index in [0.29, 0.717) is 31.7 Å². The standard InChI is InChI=1S/C12H22N2O2/c1-4-9(2)13-12(16)10(3)14-7-5-11(15)6-8-14/h9-10H,4-8H2,1-3H3,(H,13,16). The maximum Gasteiger partial charge on any atom is 0.237 e. The van der Waals surface area contributed by atoms with Crippen LogP contribution in [0.5, 0.6) is 0 Å². The molecule has 1 aliphatic rings. The molecular weight excluding hydrogens is 204 g/mol. The molecule has 1 fully saturated rings. The molecule has 0 aromatic carbocycles. The first kappa shape index (κ1) is 13.2. The number of Topliss-reactive ketones (excluding diaryl/α,β-unsaturated/α-hetero) is 1. The molecule has 1 heterocycles. The Morgan fingerprint density at radius 3 is 2.44 bits per heavy atom. The Hall–Kier alpha value is -0.900. The molecule has 1 rings (SSSR count). The van der Waals surface area contributed by atoms with Crippen molar-refractivity contribution in [1.82, 2.24) is 10.2 Å². The largest absolute Gasteiger partial charge is 0.352 e. The lowest BCUT2D eigenvalue weighted by Crippen LogP contribution is -2.50. The van der Waals surface area contributed by atoms with Gasteiger partial charge in [0.25, 0.3) is 0 Å². The zero-order valence-corrected chi connectivity index (χ0v) is 10.5. The maximum atomic E-state index is 11.9. The number of ketones is 1. The second-order valence-corrected chi connectivity index (χ2v) is 4.57. The molecule has 0 aromatic rings. The highest BCUT2D eigenvalue weighted by atomic mass is 16.2. The SMILES string of the molecule is CCC(C)NC(=O)C(C)N1CCC(=O)CC1. The van der Waals surface area contributed by atoms with E-state index in [1.54, 1.807) is 0 Å². The Labute approximate surface area is 97.4 Å². The topological polar surface area (TPSA) is 49.4 Å². The lowest BCUT2D eigenvalue weighted by molar-refractivity contribution is -0.130. The average molecular weight is 226 g/mol. The van der Waals surface area contributed by atoms with Gasteiger partial charge in [-0.1, -0.05) is 6.92 Å². The van der Waals surface area contributed by atoms with E-state index in [9.17, 15) is 9.59 Å². The van der Waals surface area contributed by atoms with Crippen molar-refractivity contribution < 1.29 is 9.59 Å². The molecular formula is C12H22N2O2. The summed E-state index contributed by atoms with van der Waals surface area (Å²) >= 11 is 0. The Balaban J connectivity index is 2.41. The first-order chi connectivity index (χ1) is 7.54. The number of hydrogen-bond donors (Lipinski definition) is 1. The molecule has 0 radical (unpaired) electrons. The maximum absolute atomic E-state index is 11.9. The van der Waals surface area contributed by atoms with Gasteiger partial charge < -0.3 is 5.32 Å². The number of hydrogen-bond acceptors (Lipinski definition) is 3. The third-order valence-electron chi connectivity index (χ3n) is 3.28. The van der Waals surface area contributed by atoms with Crippen LogP contribution in [-0.4, -0.2) is 41.8 Å². The number of rotatable bonds is 4. The molecule has 0 saturated carbocycles. The first-order valence-corrected chi connectivity index (χ1v) is 6.10. The van der Waals surface area contributed by atoms with Crippen molar-refractivity contribution in [1.29, 1.82) is 0 Å². The minimum atomic E-state index is -0.123. The van der Waals surface area contributed by atoms with Gasteiger partial charge in [0.2, 0.25) is 5.91 Å². The molecule has 2 atom stereocenters. The fourth-order valence-electron chi connectivity index (χ4n) is 1.79. The van der Waals surface area contributed by atoms with Crippen LogP contribution in [0.4, 0.5) is 0 Å². The van der Waals surface area contributed by atoms with E-state index in [-0.39, 0.29) is 18.0 Å². The second-order valence-electron chi connectivity index (χ2n) is 4.57. The van der Waals surface area contributed by atoms with Crippen LogP contribution < -0.4 is 5.32 Å². The number of nitrogens with zero attached hydrogens (tertiary/aromatic N) is 1. The molecule has 16 heavy (non-hydrogen) atoms. The van der Waals surface area contributed by atoms with Crippen LogP contribution >= 0.6 is 0 Å². The van der Waals surface area contributed by atoms with Gasteiger partial charge in [0.1, 0.15) is 5.78 Å². The summed E-state index contributed by atoms with van der Waals surface area (Å²) in [5.41, 5.74) is 0. The Bertz CT molecular complexity index is 256. The summed E-state index contributed by atoms with van der Waals surface area (Å²) in [6.45, 7) is 7.40. The van der Waals surface area contributed by atoms with Crippen molar-refractivity contribution in [2.75, 3.05) is 13.1 Å². The lowest BCUT2D eigenvalue weighted by Gasteiger charge is -2.31. The summed E-state index contributed by atoms with van der Waals surface area (Å²) in [7, 11) is 0. The van der Waals surface area contributed by atoms with Crippen molar-refractivity contribution in [3.8, 4) is 0 Å². The molecule has 92 valence electrons. The minimum absolute atomic E-state index is 0.0729. The summed E-state index contributed by atoms with van der Waals surface area (Å²) < 4.78 is 0. The van der Waals surface area contributed by atoms with Gasteiger partial charge in [-0.05, 0) is 20.3 Å². The van der Waals surface area contributed by atoms with Crippen LogP contribution in [0.15, 0.2) is 0 Å². The van der Waals surface area contributed by atoms with Crippen LogP contribution in [0.3, 0.4) is 0 Å². The highest BCUT2D eigenvalue weighted by Crippen LogP contribution is 2.10. The summed E-state index contributed by atoms with van der Waals surface area (Å²) in [6, 6.07) is 0.100. The van der Waals surface area contributed by atoms with E-state index in [4.69, 9.17) is 0 Å². The molecule has 1 aliphatic heterocycles. The summed E-state index contributed by atoms with van der Waals surface area (Å²) in [5, 5.41) is 2.97.